The third-order valence-electron chi connectivity index (χ3n) is 6.39. The Morgan fingerprint density at radius 3 is 2.68 bits per heavy atom. The fourth-order valence-corrected chi connectivity index (χ4v) is 4.49. The van der Waals surface area contributed by atoms with Gasteiger partial charge in [-0.05, 0) is 36.8 Å². The van der Waals surface area contributed by atoms with Crippen LogP contribution in [0.5, 0.6) is 11.6 Å². The van der Waals surface area contributed by atoms with Crippen molar-refractivity contribution in [1.82, 2.24) is 9.97 Å². The number of anilines is 3. The molecule has 0 atom stereocenters. The molecule has 0 aliphatic carbocycles. The molecule has 0 radical (unpaired) electrons. The Hall–Kier alpha value is -4.24. The van der Waals surface area contributed by atoms with Crippen molar-refractivity contribution < 1.29 is 18.7 Å². The number of aromatic nitrogens is 2. The van der Waals surface area contributed by atoms with Crippen LogP contribution in [-0.2, 0) is 4.74 Å². The van der Waals surface area contributed by atoms with E-state index in [1.54, 1.807) is 30.5 Å². The maximum atomic E-state index is 14.4. The second-order valence-corrected chi connectivity index (χ2v) is 9.13. The zero-order chi connectivity index (χ0) is 26.5. The molecule has 9 heteroatoms. The molecule has 8 nitrogen and oxygen atoms in total. The highest BCUT2D eigenvalue weighted by Gasteiger charge is 2.17. The van der Waals surface area contributed by atoms with Gasteiger partial charge in [-0.2, -0.15) is 4.98 Å². The van der Waals surface area contributed by atoms with Gasteiger partial charge in [0.1, 0.15) is 11.6 Å². The van der Waals surface area contributed by atoms with Crippen LogP contribution in [0.15, 0.2) is 66.9 Å². The van der Waals surface area contributed by atoms with Crippen LogP contribution < -0.4 is 19.9 Å². The summed E-state index contributed by atoms with van der Waals surface area (Å²) in [4.78, 5) is 26.1. The van der Waals surface area contributed by atoms with Gasteiger partial charge in [-0.25, -0.2) is 9.37 Å². The van der Waals surface area contributed by atoms with E-state index in [-0.39, 0.29) is 5.56 Å². The maximum absolute atomic E-state index is 14.4. The van der Waals surface area contributed by atoms with Crippen molar-refractivity contribution in [3.8, 4) is 11.6 Å². The van der Waals surface area contributed by atoms with Gasteiger partial charge in [0.15, 0.2) is 0 Å². The molecule has 5 rings (SSSR count). The van der Waals surface area contributed by atoms with E-state index in [9.17, 15) is 9.18 Å². The summed E-state index contributed by atoms with van der Waals surface area (Å²) >= 11 is 0. The highest BCUT2D eigenvalue weighted by atomic mass is 19.1. The van der Waals surface area contributed by atoms with Gasteiger partial charge >= 0.3 is 0 Å². The molecule has 38 heavy (non-hydrogen) atoms. The van der Waals surface area contributed by atoms with Crippen LogP contribution in [0.1, 0.15) is 23.7 Å². The van der Waals surface area contributed by atoms with Gasteiger partial charge in [-0.15, -0.1) is 0 Å². The first-order valence-electron chi connectivity index (χ1n) is 12.7. The Balaban J connectivity index is 1.40. The SMILES string of the molecule is CCCN(C)c1nccc(Oc2ccc(NC(=O)c3cc(F)cc(N4CCOCC4)c3)c3ccccc23)n1. The van der Waals surface area contributed by atoms with Crippen LogP contribution in [0.3, 0.4) is 0 Å². The molecule has 0 bridgehead atoms. The van der Waals surface area contributed by atoms with Crippen molar-refractivity contribution in [3.63, 3.8) is 0 Å². The van der Waals surface area contributed by atoms with E-state index in [1.807, 2.05) is 41.1 Å². The lowest BCUT2D eigenvalue weighted by molar-refractivity contribution is 0.102. The summed E-state index contributed by atoms with van der Waals surface area (Å²) in [7, 11) is 1.94. The summed E-state index contributed by atoms with van der Waals surface area (Å²) in [5.74, 6) is 0.764. The van der Waals surface area contributed by atoms with Crippen molar-refractivity contribution in [1.29, 1.82) is 0 Å². The highest BCUT2D eigenvalue weighted by Crippen LogP contribution is 2.34. The molecule has 0 spiro atoms. The Bertz CT molecular complexity index is 1440. The van der Waals surface area contributed by atoms with Crippen molar-refractivity contribution >= 4 is 34.0 Å². The number of hydrogen-bond donors (Lipinski definition) is 1. The van der Waals surface area contributed by atoms with E-state index >= 15 is 0 Å². The van der Waals surface area contributed by atoms with Gasteiger partial charge in [0.05, 0.1) is 13.2 Å². The van der Waals surface area contributed by atoms with Gasteiger partial charge in [0, 0.05) is 66.7 Å². The molecule has 1 N–H and O–H groups in total. The van der Waals surface area contributed by atoms with Crippen molar-refractivity contribution in [2.24, 2.45) is 0 Å². The molecular formula is C29H30FN5O3. The first-order chi connectivity index (χ1) is 18.5. The summed E-state index contributed by atoms with van der Waals surface area (Å²) in [6, 6.07) is 17.3. The summed E-state index contributed by atoms with van der Waals surface area (Å²) in [5, 5.41) is 4.55. The lowest BCUT2D eigenvalue weighted by atomic mass is 10.1. The quantitative estimate of drug-likeness (QED) is 0.332. The predicted octanol–water partition coefficient (Wildman–Crippen LogP) is 5.50. The third-order valence-corrected chi connectivity index (χ3v) is 6.39. The summed E-state index contributed by atoms with van der Waals surface area (Å²) in [6.07, 6.45) is 2.65. The summed E-state index contributed by atoms with van der Waals surface area (Å²) in [5.41, 5.74) is 1.52. The number of benzene rings is 3. The highest BCUT2D eigenvalue weighted by molar-refractivity contribution is 6.10. The van der Waals surface area contributed by atoms with Crippen molar-refractivity contribution in [2.75, 3.05) is 55.0 Å². The lowest BCUT2D eigenvalue weighted by Crippen LogP contribution is -2.36. The van der Waals surface area contributed by atoms with Crippen LogP contribution in [0.2, 0.25) is 0 Å². The van der Waals surface area contributed by atoms with Crippen molar-refractivity contribution in [2.45, 2.75) is 13.3 Å². The Morgan fingerprint density at radius 1 is 1.11 bits per heavy atom. The monoisotopic (exact) mass is 515 g/mol. The smallest absolute Gasteiger partial charge is 0.255 e. The summed E-state index contributed by atoms with van der Waals surface area (Å²) in [6.45, 7) is 5.38. The standard InChI is InChI=1S/C29H30FN5O3/c1-3-12-34(2)29-31-11-10-27(33-29)38-26-9-8-25(23-6-4-5-7-24(23)26)32-28(36)20-17-21(30)19-22(18-20)35-13-15-37-16-14-35/h4-11,17-19H,3,12-16H2,1-2H3,(H,32,36). The first kappa shape index (κ1) is 25.4. The topological polar surface area (TPSA) is 79.8 Å². The number of carbonyl (C=O) groups is 1. The van der Waals surface area contributed by atoms with Gasteiger partial charge in [0.2, 0.25) is 11.8 Å². The van der Waals surface area contributed by atoms with Crippen molar-refractivity contribution in [3.05, 3.63) is 78.2 Å². The number of halogens is 1. The largest absolute Gasteiger partial charge is 0.438 e. The van der Waals surface area contributed by atoms with Crippen LogP contribution in [-0.4, -0.2) is 55.8 Å². The van der Waals surface area contributed by atoms with E-state index in [0.717, 1.165) is 23.7 Å². The Morgan fingerprint density at radius 2 is 1.89 bits per heavy atom. The number of hydrogen-bond acceptors (Lipinski definition) is 7. The minimum atomic E-state index is -0.457. The Kier molecular flexibility index (Phi) is 7.65. The minimum Gasteiger partial charge on any atom is -0.438 e. The fraction of sp³-hybridized carbons (Fsp3) is 0.276. The number of carbonyl (C=O) groups excluding carboxylic acids is 1. The molecule has 1 aliphatic heterocycles. The molecule has 1 aliphatic rings. The molecule has 3 aromatic carbocycles. The van der Waals surface area contributed by atoms with Gasteiger partial charge in [-0.3, -0.25) is 4.79 Å². The number of nitrogens with zero attached hydrogens (tertiary/aromatic N) is 4. The number of nitrogens with one attached hydrogen (secondary N) is 1. The average molecular weight is 516 g/mol. The van der Waals surface area contributed by atoms with E-state index in [1.165, 1.54) is 12.1 Å². The maximum Gasteiger partial charge on any atom is 0.255 e. The van der Waals surface area contributed by atoms with Crippen LogP contribution >= 0.6 is 0 Å². The molecule has 196 valence electrons. The molecule has 1 amide bonds. The molecular weight excluding hydrogens is 485 g/mol. The predicted molar refractivity (Wildman–Crippen MR) is 147 cm³/mol. The van der Waals surface area contributed by atoms with E-state index in [2.05, 4.69) is 22.2 Å². The lowest BCUT2D eigenvalue weighted by Gasteiger charge is -2.29. The zero-order valence-electron chi connectivity index (χ0n) is 21.5. The molecule has 2 heterocycles. The van der Waals surface area contributed by atoms with Gasteiger partial charge < -0.3 is 24.6 Å². The van der Waals surface area contributed by atoms with Gasteiger partial charge in [0.25, 0.3) is 5.91 Å². The number of rotatable bonds is 8. The second-order valence-electron chi connectivity index (χ2n) is 9.13. The number of ether oxygens (including phenoxy) is 2. The first-order valence-corrected chi connectivity index (χ1v) is 12.7. The van der Waals surface area contributed by atoms with Gasteiger partial charge in [-0.1, -0.05) is 31.2 Å². The number of morpholine rings is 1. The van der Waals surface area contributed by atoms with E-state index in [4.69, 9.17) is 9.47 Å². The summed E-state index contributed by atoms with van der Waals surface area (Å²) < 4.78 is 26.0. The second kappa shape index (κ2) is 11.4. The molecule has 1 saturated heterocycles. The average Bonchev–Trinajstić information content (AvgIpc) is 2.95. The fourth-order valence-electron chi connectivity index (χ4n) is 4.49. The van der Waals surface area contributed by atoms with E-state index < -0.39 is 11.7 Å². The zero-order valence-corrected chi connectivity index (χ0v) is 21.5. The number of fused-ring (bicyclic) bond motifs is 1. The molecule has 0 unspecified atom stereocenters. The molecule has 0 saturated carbocycles. The van der Waals surface area contributed by atoms with Crippen LogP contribution in [0, 0.1) is 5.82 Å². The normalized spacial score (nSPS) is 13.4. The number of amides is 1. The minimum absolute atomic E-state index is 0.251. The third kappa shape index (κ3) is 5.68. The van der Waals surface area contributed by atoms with Crippen LogP contribution in [0.4, 0.5) is 21.7 Å². The van der Waals surface area contributed by atoms with E-state index in [0.29, 0.717) is 55.3 Å². The molecule has 1 aromatic heterocycles. The Labute approximate surface area is 221 Å². The molecule has 4 aromatic rings. The van der Waals surface area contributed by atoms with Crippen LogP contribution in [0.25, 0.3) is 10.8 Å². The molecule has 1 fully saturated rings.